The van der Waals surface area contributed by atoms with Gasteiger partial charge in [0.1, 0.15) is 6.10 Å². The maximum absolute atomic E-state index is 10.0. The third-order valence-electron chi connectivity index (χ3n) is 0.542. The molecule has 0 amide bonds. The molecule has 3 nitrogen and oxygen atoms in total. The normalized spacial score (nSPS) is 10.8. The summed E-state index contributed by atoms with van der Waals surface area (Å²) in [7, 11) is 1.23. The Hall–Kier alpha value is -0.570. The standard InChI is InChI=1S/C4H8O3.C2H6/c1-3(5)4(6)7-2;1-2/h3,5H,1-2H3;1-2H3. The molecule has 0 aliphatic heterocycles. The van der Waals surface area contributed by atoms with Gasteiger partial charge in [0.15, 0.2) is 0 Å². The van der Waals surface area contributed by atoms with Crippen molar-refractivity contribution in [2.24, 2.45) is 0 Å². The average Bonchev–Trinajstić information content (AvgIpc) is 1.91. The van der Waals surface area contributed by atoms with Crippen LogP contribution in [0.2, 0.25) is 0 Å². The molecule has 0 aliphatic carbocycles. The van der Waals surface area contributed by atoms with Gasteiger partial charge in [0, 0.05) is 0 Å². The zero-order valence-corrected chi connectivity index (χ0v) is 6.34. The number of aliphatic hydroxyl groups is 1. The van der Waals surface area contributed by atoms with Crippen LogP contribution in [0.4, 0.5) is 0 Å². The van der Waals surface area contributed by atoms with Gasteiger partial charge in [-0.2, -0.15) is 0 Å². The van der Waals surface area contributed by atoms with E-state index in [2.05, 4.69) is 4.74 Å². The maximum Gasteiger partial charge on any atom is 0.334 e. The SMILES string of the molecule is CC.COC(=O)C(C)O. The number of hydrogen-bond acceptors (Lipinski definition) is 3. The topological polar surface area (TPSA) is 46.5 Å². The Kier molecular flexibility index (Phi) is 9.29. The van der Waals surface area contributed by atoms with E-state index in [4.69, 9.17) is 5.11 Å². The van der Waals surface area contributed by atoms with E-state index in [1.165, 1.54) is 14.0 Å². The monoisotopic (exact) mass is 134 g/mol. The van der Waals surface area contributed by atoms with Crippen LogP contribution < -0.4 is 0 Å². The molecule has 0 aromatic rings. The predicted molar refractivity (Wildman–Crippen MR) is 35.0 cm³/mol. The van der Waals surface area contributed by atoms with E-state index in [1.807, 2.05) is 13.8 Å². The summed E-state index contributed by atoms with van der Waals surface area (Å²) >= 11 is 0. The molecule has 0 bridgehead atoms. The highest BCUT2D eigenvalue weighted by atomic mass is 16.5. The highest BCUT2D eigenvalue weighted by Gasteiger charge is 2.05. The molecule has 56 valence electrons. The van der Waals surface area contributed by atoms with E-state index in [-0.39, 0.29) is 0 Å². The third-order valence-corrected chi connectivity index (χ3v) is 0.542. The molecule has 0 saturated heterocycles. The van der Waals surface area contributed by atoms with Gasteiger partial charge in [-0.3, -0.25) is 0 Å². The van der Waals surface area contributed by atoms with Crippen molar-refractivity contribution < 1.29 is 14.6 Å². The lowest BCUT2D eigenvalue weighted by Gasteiger charge is -1.97. The summed E-state index contributed by atoms with van der Waals surface area (Å²) in [6.07, 6.45) is -0.995. The smallest absolute Gasteiger partial charge is 0.334 e. The molecule has 1 unspecified atom stereocenters. The number of methoxy groups -OCH3 is 1. The minimum Gasteiger partial charge on any atom is -0.467 e. The van der Waals surface area contributed by atoms with Crippen LogP contribution in [0.25, 0.3) is 0 Å². The van der Waals surface area contributed by atoms with Gasteiger partial charge in [-0.1, -0.05) is 13.8 Å². The van der Waals surface area contributed by atoms with E-state index in [1.54, 1.807) is 0 Å². The molecule has 0 aromatic carbocycles. The lowest BCUT2D eigenvalue weighted by molar-refractivity contribution is -0.149. The molecule has 1 atom stereocenters. The van der Waals surface area contributed by atoms with Crippen molar-refractivity contribution in [1.82, 2.24) is 0 Å². The summed E-state index contributed by atoms with van der Waals surface area (Å²) in [6, 6.07) is 0. The van der Waals surface area contributed by atoms with Crippen LogP contribution >= 0.6 is 0 Å². The van der Waals surface area contributed by atoms with E-state index >= 15 is 0 Å². The van der Waals surface area contributed by atoms with Crippen LogP contribution in [-0.4, -0.2) is 24.3 Å². The van der Waals surface area contributed by atoms with Gasteiger partial charge < -0.3 is 9.84 Å². The number of aliphatic hydroxyl groups excluding tert-OH is 1. The van der Waals surface area contributed by atoms with E-state index < -0.39 is 12.1 Å². The van der Waals surface area contributed by atoms with Crippen LogP contribution in [0, 0.1) is 0 Å². The van der Waals surface area contributed by atoms with Crippen molar-refractivity contribution in [3.8, 4) is 0 Å². The molecular formula is C6H14O3. The van der Waals surface area contributed by atoms with Crippen molar-refractivity contribution in [3.63, 3.8) is 0 Å². The Balaban J connectivity index is 0. The molecule has 0 heterocycles. The number of esters is 1. The summed E-state index contributed by atoms with van der Waals surface area (Å²) < 4.78 is 4.12. The van der Waals surface area contributed by atoms with Crippen LogP contribution in [0.1, 0.15) is 20.8 Å². The van der Waals surface area contributed by atoms with Gasteiger partial charge in [0.25, 0.3) is 0 Å². The van der Waals surface area contributed by atoms with Gasteiger partial charge in [0.2, 0.25) is 0 Å². The molecule has 0 saturated carbocycles. The Morgan fingerprint density at radius 1 is 1.56 bits per heavy atom. The number of ether oxygens (including phenoxy) is 1. The van der Waals surface area contributed by atoms with Gasteiger partial charge in [0.05, 0.1) is 7.11 Å². The van der Waals surface area contributed by atoms with Gasteiger partial charge in [-0.05, 0) is 6.92 Å². The molecule has 9 heavy (non-hydrogen) atoms. The second-order valence-corrected chi connectivity index (χ2v) is 1.20. The summed E-state index contributed by atoms with van der Waals surface area (Å²) in [5.41, 5.74) is 0. The van der Waals surface area contributed by atoms with Gasteiger partial charge >= 0.3 is 5.97 Å². The Morgan fingerprint density at radius 3 is 1.89 bits per heavy atom. The average molecular weight is 134 g/mol. The Morgan fingerprint density at radius 2 is 1.89 bits per heavy atom. The zero-order chi connectivity index (χ0) is 7.86. The van der Waals surface area contributed by atoms with Gasteiger partial charge in [-0.15, -0.1) is 0 Å². The summed E-state index contributed by atoms with van der Waals surface area (Å²) in [5, 5.41) is 8.35. The molecule has 0 aromatic heterocycles. The Bertz CT molecular complexity index is 68.7. The first-order valence-electron chi connectivity index (χ1n) is 2.94. The van der Waals surface area contributed by atoms with E-state index in [0.29, 0.717) is 0 Å². The molecule has 0 aliphatic rings. The number of carbonyl (C=O) groups is 1. The van der Waals surface area contributed by atoms with Crippen LogP contribution in [0.3, 0.4) is 0 Å². The van der Waals surface area contributed by atoms with Crippen LogP contribution in [0.15, 0.2) is 0 Å². The van der Waals surface area contributed by atoms with E-state index in [0.717, 1.165) is 0 Å². The number of rotatable bonds is 1. The van der Waals surface area contributed by atoms with Crippen molar-refractivity contribution in [2.75, 3.05) is 7.11 Å². The fourth-order valence-corrected chi connectivity index (χ4v) is 0.171. The van der Waals surface area contributed by atoms with Crippen molar-refractivity contribution in [3.05, 3.63) is 0 Å². The van der Waals surface area contributed by atoms with Crippen LogP contribution in [-0.2, 0) is 9.53 Å². The van der Waals surface area contributed by atoms with Crippen LogP contribution in [0.5, 0.6) is 0 Å². The third kappa shape index (κ3) is 7.43. The maximum atomic E-state index is 10.0. The summed E-state index contributed by atoms with van der Waals surface area (Å²) in [6.45, 7) is 5.35. The fraction of sp³-hybridized carbons (Fsp3) is 0.833. The number of carbonyl (C=O) groups excluding carboxylic acids is 1. The molecular weight excluding hydrogens is 120 g/mol. The van der Waals surface area contributed by atoms with E-state index in [9.17, 15) is 4.79 Å². The molecule has 1 N–H and O–H groups in total. The molecule has 0 radical (unpaired) electrons. The highest BCUT2D eigenvalue weighted by molar-refractivity contribution is 5.73. The lowest BCUT2D eigenvalue weighted by atomic mass is 10.4. The fourth-order valence-electron chi connectivity index (χ4n) is 0.171. The summed E-state index contributed by atoms with van der Waals surface area (Å²) in [5.74, 6) is -0.597. The minimum absolute atomic E-state index is 0.597. The first-order chi connectivity index (χ1) is 4.18. The quantitative estimate of drug-likeness (QED) is 0.533. The lowest BCUT2D eigenvalue weighted by Crippen LogP contribution is -2.16. The molecule has 0 spiro atoms. The van der Waals surface area contributed by atoms with Crippen molar-refractivity contribution >= 4 is 5.97 Å². The first kappa shape index (κ1) is 11.3. The molecule has 0 rings (SSSR count). The molecule has 3 heteroatoms. The first-order valence-corrected chi connectivity index (χ1v) is 2.94. The predicted octanol–water partition coefficient (Wildman–Crippen LogP) is 0.566. The minimum atomic E-state index is -0.995. The number of hydrogen-bond donors (Lipinski definition) is 1. The second-order valence-electron chi connectivity index (χ2n) is 1.20. The Labute approximate surface area is 55.6 Å². The summed E-state index contributed by atoms with van der Waals surface area (Å²) in [4.78, 5) is 10.0. The van der Waals surface area contributed by atoms with Crippen molar-refractivity contribution in [1.29, 1.82) is 0 Å². The van der Waals surface area contributed by atoms with Crippen molar-refractivity contribution in [2.45, 2.75) is 26.9 Å². The highest BCUT2D eigenvalue weighted by Crippen LogP contribution is 1.80. The second kappa shape index (κ2) is 7.43. The van der Waals surface area contributed by atoms with Gasteiger partial charge in [-0.25, -0.2) is 4.79 Å². The zero-order valence-electron chi connectivity index (χ0n) is 6.34. The largest absolute Gasteiger partial charge is 0.467 e. The molecule has 0 fully saturated rings.